The maximum atomic E-state index is 8.55. The number of ether oxygens (including phenoxy) is 1. The molecule has 0 unspecified atom stereocenters. The fourth-order valence-corrected chi connectivity index (χ4v) is 3.59. The highest BCUT2D eigenvalue weighted by atomic mass is 16.5. The number of hydrogen-bond donors (Lipinski definition) is 0. The molecule has 2 nitrogen and oxygen atoms in total. The van der Waals surface area contributed by atoms with Crippen LogP contribution in [-0.2, 0) is 6.37 Å². The summed E-state index contributed by atoms with van der Waals surface area (Å²) in [4.78, 5) is 4.88. The van der Waals surface area contributed by atoms with Gasteiger partial charge in [-0.3, -0.25) is 0 Å². The molecule has 0 amide bonds. The summed E-state index contributed by atoms with van der Waals surface area (Å²) in [7, 11) is 0. The molecule has 3 aromatic carbocycles. The summed E-state index contributed by atoms with van der Waals surface area (Å²) in [5, 5.41) is 3.01. The first kappa shape index (κ1) is 12.5. The molecule has 0 saturated carbocycles. The zero-order valence-electron chi connectivity index (χ0n) is 16.2. The SMILES string of the molecule is [2H]C([2H])(c1cccc2nc3c(cc12)Oc1cccc2cccc-3c12)C(C)C. The van der Waals surface area contributed by atoms with Crippen LogP contribution in [0.15, 0.2) is 60.7 Å². The summed E-state index contributed by atoms with van der Waals surface area (Å²) in [5.41, 5.74) is 3.32. The first-order valence-electron chi connectivity index (χ1n) is 9.61. The lowest BCUT2D eigenvalue weighted by atomic mass is 9.95. The normalized spacial score (nSPS) is 14.2. The molecule has 5 rings (SSSR count). The van der Waals surface area contributed by atoms with E-state index >= 15 is 0 Å². The van der Waals surface area contributed by atoms with Crippen LogP contribution in [0.4, 0.5) is 0 Å². The third kappa shape index (κ3) is 2.21. The summed E-state index contributed by atoms with van der Waals surface area (Å²) < 4.78 is 23.3. The predicted molar refractivity (Wildman–Crippen MR) is 103 cm³/mol. The van der Waals surface area contributed by atoms with Crippen LogP contribution in [0.25, 0.3) is 32.9 Å². The molecule has 0 atom stereocenters. The van der Waals surface area contributed by atoms with E-state index in [1.54, 1.807) is 0 Å². The Morgan fingerprint density at radius 2 is 1.80 bits per heavy atom. The van der Waals surface area contributed by atoms with E-state index < -0.39 is 6.37 Å². The predicted octanol–water partition coefficient (Wildman–Crippen LogP) is 6.36. The first-order valence-corrected chi connectivity index (χ1v) is 8.61. The zero-order chi connectivity index (χ0) is 18.8. The number of rotatable bonds is 2. The van der Waals surface area contributed by atoms with Crippen LogP contribution in [-0.4, -0.2) is 4.98 Å². The van der Waals surface area contributed by atoms with Crippen molar-refractivity contribution in [3.63, 3.8) is 0 Å². The quantitative estimate of drug-likeness (QED) is 0.376. The van der Waals surface area contributed by atoms with Crippen molar-refractivity contribution in [2.24, 2.45) is 5.92 Å². The number of aromatic nitrogens is 1. The second kappa shape index (κ2) is 5.32. The van der Waals surface area contributed by atoms with Crippen molar-refractivity contribution in [1.82, 2.24) is 4.98 Å². The van der Waals surface area contributed by atoms with E-state index in [1.165, 1.54) is 0 Å². The van der Waals surface area contributed by atoms with Gasteiger partial charge in [-0.15, -0.1) is 0 Å². The maximum Gasteiger partial charge on any atom is 0.154 e. The van der Waals surface area contributed by atoms with E-state index in [0.717, 1.165) is 38.7 Å². The van der Waals surface area contributed by atoms with E-state index in [4.69, 9.17) is 12.5 Å². The monoisotopic (exact) mass is 327 g/mol. The molecule has 25 heavy (non-hydrogen) atoms. The fraction of sp³-hybridized carbons (Fsp3) is 0.174. The van der Waals surface area contributed by atoms with Crippen LogP contribution in [0.3, 0.4) is 0 Å². The van der Waals surface area contributed by atoms with E-state index in [9.17, 15) is 0 Å². The van der Waals surface area contributed by atoms with E-state index in [1.807, 2.05) is 56.3 Å². The summed E-state index contributed by atoms with van der Waals surface area (Å²) in [6.45, 7) is 3.80. The molecule has 0 spiro atoms. The molecular weight excluding hydrogens is 306 g/mol. The fourth-order valence-electron chi connectivity index (χ4n) is 3.59. The van der Waals surface area contributed by atoms with Crippen LogP contribution in [0.1, 0.15) is 22.2 Å². The van der Waals surface area contributed by atoms with Gasteiger partial charge in [-0.25, -0.2) is 4.98 Å². The highest BCUT2D eigenvalue weighted by Gasteiger charge is 2.22. The Morgan fingerprint density at radius 1 is 1.00 bits per heavy atom. The Kier molecular flexibility index (Phi) is 2.66. The van der Waals surface area contributed by atoms with Crippen LogP contribution in [0, 0.1) is 5.92 Å². The van der Waals surface area contributed by atoms with Crippen LogP contribution in [0.2, 0.25) is 0 Å². The number of benzene rings is 3. The molecule has 0 radical (unpaired) electrons. The van der Waals surface area contributed by atoms with Crippen molar-refractivity contribution in [3.8, 4) is 22.8 Å². The van der Waals surface area contributed by atoms with Gasteiger partial charge in [0.2, 0.25) is 0 Å². The van der Waals surface area contributed by atoms with Gasteiger partial charge in [-0.05, 0) is 41.4 Å². The second-order valence-electron chi connectivity index (χ2n) is 6.77. The van der Waals surface area contributed by atoms with Crippen LogP contribution < -0.4 is 4.74 Å². The zero-order valence-corrected chi connectivity index (χ0v) is 14.2. The summed E-state index contributed by atoms with van der Waals surface area (Å²) in [6.07, 6.45) is -1.44. The van der Waals surface area contributed by atoms with Gasteiger partial charge in [0, 0.05) is 19.1 Å². The molecule has 0 aliphatic carbocycles. The Bertz CT molecular complexity index is 1210. The molecule has 0 fully saturated rings. The Labute approximate surface area is 149 Å². The molecule has 122 valence electrons. The van der Waals surface area contributed by atoms with Crippen molar-refractivity contribution >= 4 is 21.7 Å². The van der Waals surface area contributed by atoms with Gasteiger partial charge < -0.3 is 4.74 Å². The summed E-state index contributed by atoms with van der Waals surface area (Å²) >= 11 is 0. The molecule has 4 aromatic rings. The molecule has 1 aliphatic heterocycles. The smallest absolute Gasteiger partial charge is 0.154 e. The molecule has 0 bridgehead atoms. The van der Waals surface area contributed by atoms with Gasteiger partial charge in [0.15, 0.2) is 5.75 Å². The summed E-state index contributed by atoms with van der Waals surface area (Å²) in [6, 6.07) is 19.9. The minimum Gasteiger partial charge on any atom is -0.454 e. The van der Waals surface area contributed by atoms with Gasteiger partial charge in [-0.1, -0.05) is 56.3 Å². The molecule has 2 heteroatoms. The Morgan fingerprint density at radius 3 is 2.64 bits per heavy atom. The molecule has 1 aliphatic rings. The van der Waals surface area contributed by atoms with E-state index in [0.29, 0.717) is 11.3 Å². The van der Waals surface area contributed by atoms with Crippen molar-refractivity contribution in [2.75, 3.05) is 0 Å². The summed E-state index contributed by atoms with van der Waals surface area (Å²) in [5.74, 6) is 1.36. The standard InChI is InChI=1S/C23H19NO/c1-14(2)12-16-8-4-10-19-18(16)13-21-23(24-19)17-9-3-6-15-7-5-11-20(25-21)22(15)17/h3-11,13-14H,12H2,1-2H3/i12D2. The average Bonchev–Trinajstić information content (AvgIpc) is 2.66. The maximum absolute atomic E-state index is 8.55. The van der Waals surface area contributed by atoms with Crippen molar-refractivity contribution in [2.45, 2.75) is 20.2 Å². The van der Waals surface area contributed by atoms with Crippen molar-refractivity contribution < 1.29 is 7.48 Å². The Balaban J connectivity index is 1.83. The van der Waals surface area contributed by atoms with Crippen LogP contribution in [0.5, 0.6) is 11.5 Å². The lowest BCUT2D eigenvalue weighted by molar-refractivity contribution is 0.485. The van der Waals surface area contributed by atoms with Crippen molar-refractivity contribution in [1.29, 1.82) is 0 Å². The second-order valence-corrected chi connectivity index (χ2v) is 6.77. The Hall–Kier alpha value is -2.87. The van der Waals surface area contributed by atoms with Gasteiger partial charge in [0.25, 0.3) is 0 Å². The topological polar surface area (TPSA) is 22.1 Å². The molecular formula is C23H19NO. The van der Waals surface area contributed by atoms with Gasteiger partial charge in [0.05, 0.1) is 5.52 Å². The van der Waals surface area contributed by atoms with Crippen LogP contribution >= 0.6 is 0 Å². The third-order valence-electron chi connectivity index (χ3n) is 4.61. The minimum atomic E-state index is -1.44. The average molecular weight is 327 g/mol. The molecule has 1 aromatic heterocycles. The highest BCUT2D eigenvalue weighted by Crippen LogP contribution is 2.46. The number of pyridine rings is 1. The molecule has 2 heterocycles. The van der Waals surface area contributed by atoms with Gasteiger partial charge in [-0.2, -0.15) is 0 Å². The lowest BCUT2D eigenvalue weighted by Gasteiger charge is -2.21. The molecule has 0 saturated heterocycles. The third-order valence-corrected chi connectivity index (χ3v) is 4.61. The first-order chi connectivity index (χ1) is 13.0. The number of nitrogens with zero attached hydrogens (tertiary/aromatic N) is 1. The van der Waals surface area contributed by atoms with Gasteiger partial charge >= 0.3 is 0 Å². The van der Waals surface area contributed by atoms with Crippen molar-refractivity contribution in [3.05, 3.63) is 66.2 Å². The highest BCUT2D eigenvalue weighted by molar-refractivity contribution is 6.04. The van der Waals surface area contributed by atoms with Gasteiger partial charge in [0.1, 0.15) is 11.4 Å². The number of hydrogen-bond acceptors (Lipinski definition) is 2. The molecule has 0 N–H and O–H groups in total. The van der Waals surface area contributed by atoms with E-state index in [2.05, 4.69) is 18.2 Å². The minimum absolute atomic E-state index is 0.144. The number of fused-ring (bicyclic) bond motifs is 3. The van der Waals surface area contributed by atoms with E-state index in [-0.39, 0.29) is 5.92 Å². The largest absolute Gasteiger partial charge is 0.454 e. The lowest BCUT2D eigenvalue weighted by Crippen LogP contribution is -2.01.